The molecule has 0 aromatic heterocycles. The minimum Gasteiger partial charge on any atom is -0.289 e. The van der Waals surface area contributed by atoms with Gasteiger partial charge in [0.2, 0.25) is 0 Å². The highest BCUT2D eigenvalue weighted by molar-refractivity contribution is 5.86. The van der Waals surface area contributed by atoms with Crippen LogP contribution < -0.4 is 0 Å². The Kier molecular flexibility index (Phi) is 2.44. The summed E-state index contributed by atoms with van der Waals surface area (Å²) in [6, 6.07) is 10.4. The fourth-order valence-electron chi connectivity index (χ4n) is 1.43. The van der Waals surface area contributed by atoms with Crippen LogP contribution >= 0.6 is 0 Å². The minimum atomic E-state index is 0.809. The number of benzene rings is 1. The van der Waals surface area contributed by atoms with Crippen LogP contribution in [-0.4, -0.2) is 5.71 Å². The van der Waals surface area contributed by atoms with Gasteiger partial charge in [-0.15, -0.1) is 0 Å². The molecule has 1 aliphatic rings. The Balaban J connectivity index is 1.95. The number of hydrogen-bond acceptors (Lipinski definition) is 1. The third kappa shape index (κ3) is 2.41. The van der Waals surface area contributed by atoms with Crippen molar-refractivity contribution in [2.75, 3.05) is 0 Å². The van der Waals surface area contributed by atoms with E-state index in [1.54, 1.807) is 0 Å². The maximum absolute atomic E-state index is 4.57. The quantitative estimate of drug-likeness (QED) is 0.623. The number of nitrogens with zero attached hydrogens (tertiary/aromatic N) is 1. The van der Waals surface area contributed by atoms with E-state index in [-0.39, 0.29) is 0 Å². The Labute approximate surface area is 79.5 Å². The second-order valence-electron chi connectivity index (χ2n) is 3.72. The Morgan fingerprint density at radius 2 is 2.00 bits per heavy atom. The SMILES string of the molecule is CC(=NCc1ccccc1)C1CC1. The van der Waals surface area contributed by atoms with Gasteiger partial charge in [0, 0.05) is 5.71 Å². The van der Waals surface area contributed by atoms with Crippen molar-refractivity contribution in [2.24, 2.45) is 10.9 Å². The van der Waals surface area contributed by atoms with Crippen molar-refractivity contribution in [1.29, 1.82) is 0 Å². The van der Waals surface area contributed by atoms with Gasteiger partial charge in [0.15, 0.2) is 0 Å². The minimum absolute atomic E-state index is 0.809. The number of aliphatic imine (C=N–C) groups is 1. The van der Waals surface area contributed by atoms with Gasteiger partial charge in [0.1, 0.15) is 0 Å². The second-order valence-corrected chi connectivity index (χ2v) is 3.72. The highest BCUT2D eigenvalue weighted by atomic mass is 14.7. The first-order valence-corrected chi connectivity index (χ1v) is 4.91. The van der Waals surface area contributed by atoms with Crippen molar-refractivity contribution in [3.05, 3.63) is 35.9 Å². The zero-order valence-corrected chi connectivity index (χ0v) is 8.03. The molecule has 1 aliphatic carbocycles. The lowest BCUT2D eigenvalue weighted by Crippen LogP contribution is -1.94. The monoisotopic (exact) mass is 173 g/mol. The predicted molar refractivity (Wildman–Crippen MR) is 56.0 cm³/mol. The molecule has 0 aliphatic heterocycles. The van der Waals surface area contributed by atoms with Crippen LogP contribution in [0.5, 0.6) is 0 Å². The van der Waals surface area contributed by atoms with Crippen molar-refractivity contribution in [2.45, 2.75) is 26.3 Å². The van der Waals surface area contributed by atoms with Crippen LogP contribution in [0.15, 0.2) is 35.3 Å². The van der Waals surface area contributed by atoms with E-state index in [0.29, 0.717) is 0 Å². The summed E-state index contributed by atoms with van der Waals surface area (Å²) in [5.74, 6) is 0.809. The average molecular weight is 173 g/mol. The lowest BCUT2D eigenvalue weighted by atomic mass is 10.2. The fourth-order valence-corrected chi connectivity index (χ4v) is 1.43. The fraction of sp³-hybridized carbons (Fsp3) is 0.417. The maximum Gasteiger partial charge on any atom is 0.0639 e. The summed E-state index contributed by atoms with van der Waals surface area (Å²) in [4.78, 5) is 4.57. The summed E-state index contributed by atoms with van der Waals surface area (Å²) in [6.45, 7) is 3.00. The summed E-state index contributed by atoms with van der Waals surface area (Å²) in [6.07, 6.45) is 2.70. The van der Waals surface area contributed by atoms with Gasteiger partial charge in [0.25, 0.3) is 0 Å². The third-order valence-corrected chi connectivity index (χ3v) is 2.52. The second kappa shape index (κ2) is 3.73. The lowest BCUT2D eigenvalue weighted by molar-refractivity contribution is 1.02. The van der Waals surface area contributed by atoms with Crippen molar-refractivity contribution in [1.82, 2.24) is 0 Å². The molecular formula is C12H15N. The molecule has 0 atom stereocenters. The topological polar surface area (TPSA) is 12.4 Å². The molecular weight excluding hydrogens is 158 g/mol. The van der Waals surface area contributed by atoms with Gasteiger partial charge >= 0.3 is 0 Å². The van der Waals surface area contributed by atoms with E-state index in [9.17, 15) is 0 Å². The van der Waals surface area contributed by atoms with Gasteiger partial charge in [0.05, 0.1) is 6.54 Å². The Bertz CT molecular complexity index is 296. The smallest absolute Gasteiger partial charge is 0.0639 e. The first-order chi connectivity index (χ1) is 6.36. The molecule has 2 rings (SSSR count). The number of hydrogen-bond donors (Lipinski definition) is 0. The molecule has 13 heavy (non-hydrogen) atoms. The molecule has 0 N–H and O–H groups in total. The summed E-state index contributed by atoms with van der Waals surface area (Å²) in [7, 11) is 0. The number of rotatable bonds is 3. The van der Waals surface area contributed by atoms with Gasteiger partial charge < -0.3 is 0 Å². The average Bonchev–Trinajstić information content (AvgIpc) is 2.99. The van der Waals surface area contributed by atoms with E-state index in [2.05, 4.69) is 36.2 Å². The first-order valence-electron chi connectivity index (χ1n) is 4.91. The van der Waals surface area contributed by atoms with Crippen LogP contribution in [0.1, 0.15) is 25.3 Å². The molecule has 1 nitrogen and oxygen atoms in total. The molecule has 1 heteroatoms. The highest BCUT2D eigenvalue weighted by Gasteiger charge is 2.23. The molecule has 1 aromatic carbocycles. The van der Waals surface area contributed by atoms with E-state index in [4.69, 9.17) is 0 Å². The molecule has 0 heterocycles. The van der Waals surface area contributed by atoms with Gasteiger partial charge in [-0.25, -0.2) is 0 Å². The first kappa shape index (κ1) is 8.49. The highest BCUT2D eigenvalue weighted by Crippen LogP contribution is 2.30. The molecule has 0 spiro atoms. The summed E-state index contributed by atoms with van der Waals surface area (Å²) < 4.78 is 0. The zero-order valence-electron chi connectivity index (χ0n) is 8.03. The Hall–Kier alpha value is -1.11. The molecule has 68 valence electrons. The van der Waals surface area contributed by atoms with Crippen LogP contribution in [0.25, 0.3) is 0 Å². The predicted octanol–water partition coefficient (Wildman–Crippen LogP) is 3.06. The lowest BCUT2D eigenvalue weighted by Gasteiger charge is -1.98. The maximum atomic E-state index is 4.57. The van der Waals surface area contributed by atoms with Crippen LogP contribution in [0.2, 0.25) is 0 Å². The van der Waals surface area contributed by atoms with Gasteiger partial charge in [-0.05, 0) is 31.2 Å². The summed E-state index contributed by atoms with van der Waals surface area (Å²) in [5.41, 5.74) is 2.64. The van der Waals surface area contributed by atoms with E-state index in [1.165, 1.54) is 24.1 Å². The molecule has 0 saturated heterocycles. The Morgan fingerprint density at radius 3 is 2.62 bits per heavy atom. The third-order valence-electron chi connectivity index (χ3n) is 2.52. The molecule has 0 bridgehead atoms. The molecule has 1 saturated carbocycles. The van der Waals surface area contributed by atoms with Crippen molar-refractivity contribution < 1.29 is 0 Å². The van der Waals surface area contributed by atoms with Gasteiger partial charge in [-0.3, -0.25) is 4.99 Å². The van der Waals surface area contributed by atoms with E-state index in [1.807, 2.05) is 6.07 Å². The van der Waals surface area contributed by atoms with Crippen molar-refractivity contribution in [3.63, 3.8) is 0 Å². The molecule has 1 aromatic rings. The zero-order chi connectivity index (χ0) is 9.10. The van der Waals surface area contributed by atoms with Crippen LogP contribution in [0.4, 0.5) is 0 Å². The molecule has 0 radical (unpaired) electrons. The van der Waals surface area contributed by atoms with Crippen molar-refractivity contribution >= 4 is 5.71 Å². The van der Waals surface area contributed by atoms with Gasteiger partial charge in [-0.2, -0.15) is 0 Å². The summed E-state index contributed by atoms with van der Waals surface area (Å²) in [5, 5.41) is 0. The molecule has 1 fully saturated rings. The van der Waals surface area contributed by atoms with Crippen LogP contribution in [0, 0.1) is 5.92 Å². The van der Waals surface area contributed by atoms with Crippen molar-refractivity contribution in [3.8, 4) is 0 Å². The Morgan fingerprint density at radius 1 is 1.31 bits per heavy atom. The van der Waals surface area contributed by atoms with E-state index < -0.39 is 0 Å². The summed E-state index contributed by atoms with van der Waals surface area (Å²) >= 11 is 0. The van der Waals surface area contributed by atoms with E-state index >= 15 is 0 Å². The van der Waals surface area contributed by atoms with Gasteiger partial charge in [-0.1, -0.05) is 30.3 Å². The molecule has 0 unspecified atom stereocenters. The van der Waals surface area contributed by atoms with Crippen LogP contribution in [0.3, 0.4) is 0 Å². The largest absolute Gasteiger partial charge is 0.289 e. The van der Waals surface area contributed by atoms with E-state index in [0.717, 1.165) is 12.5 Å². The standard InChI is InChI=1S/C12H15N/c1-10(12-7-8-12)13-9-11-5-3-2-4-6-11/h2-6,12H,7-9H2,1H3. The molecule has 0 amide bonds. The normalized spacial score (nSPS) is 17.5. The van der Waals surface area contributed by atoms with Crippen LogP contribution in [-0.2, 0) is 6.54 Å².